The van der Waals surface area contributed by atoms with Crippen molar-refractivity contribution in [2.45, 2.75) is 27.3 Å². The minimum atomic E-state index is -0.00775. The molecular weight excluding hydrogens is 308 g/mol. The first-order valence-corrected chi connectivity index (χ1v) is 8.31. The highest BCUT2D eigenvalue weighted by molar-refractivity contribution is 6.34. The van der Waals surface area contributed by atoms with E-state index in [1.54, 1.807) is 0 Å². The van der Waals surface area contributed by atoms with Gasteiger partial charge in [0, 0.05) is 5.56 Å². The van der Waals surface area contributed by atoms with Gasteiger partial charge < -0.3 is 10.2 Å². The maximum absolute atomic E-state index is 12.4. The Bertz CT molecular complexity index is 647. The molecule has 2 aromatic carbocycles. The van der Waals surface area contributed by atoms with E-state index in [9.17, 15) is 4.79 Å². The fourth-order valence-corrected chi connectivity index (χ4v) is 3.05. The van der Waals surface area contributed by atoms with E-state index in [4.69, 9.17) is 11.6 Å². The molecular formula is C19H24ClN2O+. The first kappa shape index (κ1) is 17.5. The molecule has 1 unspecified atom stereocenters. The topological polar surface area (TPSA) is 33.5 Å². The number of hydrogen-bond donors (Lipinski definition) is 2. The van der Waals surface area contributed by atoms with Crippen LogP contribution in [-0.2, 0) is 11.3 Å². The molecule has 0 fully saturated rings. The maximum Gasteiger partial charge on any atom is 0.279 e. The molecule has 1 amide bonds. The number of amides is 1. The fourth-order valence-electron chi connectivity index (χ4n) is 2.68. The number of aryl methyl sites for hydroxylation is 2. The van der Waals surface area contributed by atoms with Crippen molar-refractivity contribution < 1.29 is 9.69 Å². The van der Waals surface area contributed by atoms with Gasteiger partial charge in [-0.15, -0.1) is 0 Å². The molecule has 23 heavy (non-hydrogen) atoms. The minimum Gasteiger partial charge on any atom is -0.324 e. The summed E-state index contributed by atoms with van der Waals surface area (Å²) in [7, 11) is 0. The molecule has 3 nitrogen and oxygen atoms in total. The zero-order chi connectivity index (χ0) is 16.8. The average Bonchev–Trinajstić information content (AvgIpc) is 2.51. The van der Waals surface area contributed by atoms with Gasteiger partial charge in [-0.2, -0.15) is 0 Å². The van der Waals surface area contributed by atoms with Gasteiger partial charge in [0.05, 0.1) is 17.3 Å². The van der Waals surface area contributed by atoms with Crippen LogP contribution in [0.3, 0.4) is 0 Å². The van der Waals surface area contributed by atoms with Crippen LogP contribution in [-0.4, -0.2) is 19.0 Å². The van der Waals surface area contributed by atoms with Gasteiger partial charge in [-0.05, 0) is 38.0 Å². The SMILES string of the molecule is CC[NH+](CC(=O)Nc1c(C)cc(C)cc1Cl)Cc1ccccc1. The number of rotatable bonds is 6. The zero-order valence-electron chi connectivity index (χ0n) is 13.9. The number of halogens is 1. The van der Waals surface area contributed by atoms with Crippen molar-refractivity contribution in [3.8, 4) is 0 Å². The lowest BCUT2D eigenvalue weighted by molar-refractivity contribution is -0.903. The van der Waals surface area contributed by atoms with Crippen molar-refractivity contribution in [2.75, 3.05) is 18.4 Å². The molecule has 2 N–H and O–H groups in total. The monoisotopic (exact) mass is 331 g/mol. The van der Waals surface area contributed by atoms with Crippen molar-refractivity contribution in [3.63, 3.8) is 0 Å². The van der Waals surface area contributed by atoms with Crippen LogP contribution in [0.4, 0.5) is 5.69 Å². The van der Waals surface area contributed by atoms with Gasteiger partial charge in [0.15, 0.2) is 6.54 Å². The molecule has 0 aromatic heterocycles. The van der Waals surface area contributed by atoms with E-state index < -0.39 is 0 Å². The molecule has 0 saturated carbocycles. The van der Waals surface area contributed by atoms with Gasteiger partial charge in [-0.3, -0.25) is 4.79 Å². The number of carbonyl (C=O) groups excluding carboxylic acids is 1. The third-order valence-electron chi connectivity index (χ3n) is 3.90. The summed E-state index contributed by atoms with van der Waals surface area (Å²) < 4.78 is 0. The van der Waals surface area contributed by atoms with E-state index in [1.165, 1.54) is 10.5 Å². The predicted molar refractivity (Wildman–Crippen MR) is 96.1 cm³/mol. The van der Waals surface area contributed by atoms with Gasteiger partial charge in [0.1, 0.15) is 6.54 Å². The third-order valence-corrected chi connectivity index (χ3v) is 4.20. The van der Waals surface area contributed by atoms with Gasteiger partial charge in [0.25, 0.3) is 5.91 Å². The van der Waals surface area contributed by atoms with E-state index in [0.29, 0.717) is 11.6 Å². The molecule has 0 bridgehead atoms. The Morgan fingerprint density at radius 1 is 1.17 bits per heavy atom. The summed E-state index contributed by atoms with van der Waals surface area (Å²) in [5.41, 5.74) is 4.04. The second-order valence-corrected chi connectivity index (χ2v) is 6.34. The number of quaternary nitrogens is 1. The Morgan fingerprint density at radius 3 is 2.48 bits per heavy atom. The molecule has 2 rings (SSSR count). The van der Waals surface area contributed by atoms with Crippen molar-refractivity contribution in [3.05, 3.63) is 64.2 Å². The fraction of sp³-hybridized carbons (Fsp3) is 0.316. The van der Waals surface area contributed by atoms with Gasteiger partial charge in [0.2, 0.25) is 0 Å². The zero-order valence-corrected chi connectivity index (χ0v) is 14.7. The number of likely N-dealkylation sites (N-methyl/N-ethyl adjacent to an activating group) is 1. The maximum atomic E-state index is 12.4. The number of carbonyl (C=O) groups is 1. The predicted octanol–water partition coefficient (Wildman–Crippen LogP) is 3.00. The smallest absolute Gasteiger partial charge is 0.279 e. The van der Waals surface area contributed by atoms with Crippen molar-refractivity contribution in [2.24, 2.45) is 0 Å². The lowest BCUT2D eigenvalue weighted by atomic mass is 10.1. The van der Waals surface area contributed by atoms with E-state index in [-0.39, 0.29) is 5.91 Å². The summed E-state index contributed by atoms with van der Waals surface area (Å²) in [6.45, 7) is 8.20. The lowest BCUT2D eigenvalue weighted by Crippen LogP contribution is -3.11. The van der Waals surface area contributed by atoms with Crippen LogP contribution in [0.1, 0.15) is 23.6 Å². The van der Waals surface area contributed by atoms with E-state index >= 15 is 0 Å². The number of anilines is 1. The largest absolute Gasteiger partial charge is 0.324 e. The summed E-state index contributed by atoms with van der Waals surface area (Å²) >= 11 is 6.26. The molecule has 2 aromatic rings. The van der Waals surface area contributed by atoms with E-state index in [2.05, 4.69) is 24.4 Å². The van der Waals surface area contributed by atoms with E-state index in [0.717, 1.165) is 29.9 Å². The molecule has 0 aliphatic heterocycles. The summed E-state index contributed by atoms with van der Waals surface area (Å²) in [6, 6.07) is 14.1. The summed E-state index contributed by atoms with van der Waals surface area (Å²) in [4.78, 5) is 13.6. The highest BCUT2D eigenvalue weighted by Gasteiger charge is 2.15. The van der Waals surface area contributed by atoms with Crippen molar-refractivity contribution in [1.82, 2.24) is 0 Å². The number of nitrogens with one attached hydrogen (secondary N) is 2. The normalized spacial score (nSPS) is 12.0. The molecule has 4 heteroatoms. The quantitative estimate of drug-likeness (QED) is 0.838. The second kappa shape index (κ2) is 8.14. The first-order chi connectivity index (χ1) is 11.0. The van der Waals surface area contributed by atoms with Crippen LogP contribution >= 0.6 is 11.6 Å². The van der Waals surface area contributed by atoms with E-state index in [1.807, 2.05) is 44.2 Å². The van der Waals surface area contributed by atoms with Crippen LogP contribution in [0.2, 0.25) is 5.02 Å². The summed E-state index contributed by atoms with van der Waals surface area (Å²) in [5, 5.41) is 3.56. The summed E-state index contributed by atoms with van der Waals surface area (Å²) in [5.74, 6) is -0.00775. The van der Waals surface area contributed by atoms with Crippen LogP contribution in [0.5, 0.6) is 0 Å². The van der Waals surface area contributed by atoms with Gasteiger partial charge >= 0.3 is 0 Å². The highest BCUT2D eigenvalue weighted by atomic mass is 35.5. The Hall–Kier alpha value is -1.84. The molecule has 0 radical (unpaired) electrons. The molecule has 0 heterocycles. The molecule has 1 atom stereocenters. The standard InChI is InChI=1S/C19H23ClN2O/c1-4-22(12-16-8-6-5-7-9-16)13-18(23)21-19-15(3)10-14(2)11-17(19)20/h5-11H,4,12-13H2,1-3H3,(H,21,23)/p+1. The number of benzene rings is 2. The molecule has 0 saturated heterocycles. The lowest BCUT2D eigenvalue weighted by Gasteiger charge is -2.18. The third kappa shape index (κ3) is 5.08. The Labute approximate surface area is 143 Å². The van der Waals surface area contributed by atoms with Crippen molar-refractivity contribution in [1.29, 1.82) is 0 Å². The molecule has 0 aliphatic carbocycles. The number of hydrogen-bond acceptors (Lipinski definition) is 1. The highest BCUT2D eigenvalue weighted by Crippen LogP contribution is 2.27. The van der Waals surface area contributed by atoms with Crippen LogP contribution in [0, 0.1) is 13.8 Å². The first-order valence-electron chi connectivity index (χ1n) is 7.93. The molecule has 0 spiro atoms. The van der Waals surface area contributed by atoms with Crippen LogP contribution < -0.4 is 10.2 Å². The minimum absolute atomic E-state index is 0.00775. The Morgan fingerprint density at radius 2 is 1.87 bits per heavy atom. The van der Waals surface area contributed by atoms with Crippen LogP contribution in [0.25, 0.3) is 0 Å². The van der Waals surface area contributed by atoms with Gasteiger partial charge in [-0.25, -0.2) is 0 Å². The van der Waals surface area contributed by atoms with Gasteiger partial charge in [-0.1, -0.05) is 48.0 Å². The molecule has 0 aliphatic rings. The van der Waals surface area contributed by atoms with Crippen LogP contribution in [0.15, 0.2) is 42.5 Å². The Balaban J connectivity index is 2.00. The van der Waals surface area contributed by atoms with Crippen molar-refractivity contribution >= 4 is 23.2 Å². The molecule has 122 valence electrons. The Kier molecular flexibility index (Phi) is 6.20. The summed E-state index contributed by atoms with van der Waals surface area (Å²) in [6.07, 6.45) is 0. The average molecular weight is 332 g/mol. The second-order valence-electron chi connectivity index (χ2n) is 5.93.